The van der Waals surface area contributed by atoms with E-state index < -0.39 is 22.5 Å². The topological polar surface area (TPSA) is 81.4 Å². The summed E-state index contributed by atoms with van der Waals surface area (Å²) in [5.41, 5.74) is 1.84. The Morgan fingerprint density at radius 1 is 1.07 bits per heavy atom. The van der Waals surface area contributed by atoms with E-state index in [-0.39, 0.29) is 28.0 Å². The Kier molecular flexibility index (Phi) is 5.68. The Morgan fingerprint density at radius 2 is 1.73 bits per heavy atom. The quantitative estimate of drug-likeness (QED) is 0.403. The highest BCUT2D eigenvalue weighted by Gasteiger charge is 2.27. The van der Waals surface area contributed by atoms with Gasteiger partial charge in [0.25, 0.3) is 0 Å². The van der Waals surface area contributed by atoms with Crippen LogP contribution >= 0.6 is 0 Å². The third kappa shape index (κ3) is 4.81. The van der Waals surface area contributed by atoms with Crippen LogP contribution < -0.4 is 10.4 Å². The van der Waals surface area contributed by atoms with Gasteiger partial charge in [-0.1, -0.05) is 39.6 Å². The van der Waals surface area contributed by atoms with E-state index in [0.29, 0.717) is 16.8 Å². The molecule has 0 fully saturated rings. The number of rotatable bonds is 5. The van der Waals surface area contributed by atoms with E-state index in [1.807, 2.05) is 37.8 Å². The zero-order chi connectivity index (χ0) is 22.4. The number of hydrogen-bond acceptors (Lipinski definition) is 6. The van der Waals surface area contributed by atoms with Crippen molar-refractivity contribution in [2.24, 2.45) is 0 Å². The number of fused-ring (bicyclic) bond motifs is 2. The lowest BCUT2D eigenvalue weighted by Crippen LogP contribution is -2.35. The van der Waals surface area contributed by atoms with Gasteiger partial charge in [-0.3, -0.25) is 4.79 Å². The first kappa shape index (κ1) is 22.2. The van der Waals surface area contributed by atoms with Gasteiger partial charge in [0.05, 0.1) is 10.8 Å². The van der Waals surface area contributed by atoms with Crippen LogP contribution in [0.1, 0.15) is 35.7 Å². The van der Waals surface area contributed by atoms with Gasteiger partial charge in [-0.25, -0.2) is 4.79 Å². The number of nitrogens with zero attached hydrogens (tertiary/aromatic N) is 1. The highest BCUT2D eigenvalue weighted by molar-refractivity contribution is 6.79. The molecule has 0 radical (unpaired) electrons. The minimum Gasteiger partial charge on any atom is -0.516 e. The molecule has 160 valence electrons. The van der Waals surface area contributed by atoms with Gasteiger partial charge in [0.2, 0.25) is 19.5 Å². The van der Waals surface area contributed by atoms with E-state index in [1.165, 1.54) is 0 Å². The summed E-state index contributed by atoms with van der Waals surface area (Å²) in [5, 5.41) is 0.776. The predicted molar refractivity (Wildman–Crippen MR) is 128 cm³/mol. The lowest BCUT2D eigenvalue weighted by molar-refractivity contribution is 0.0725. The van der Waals surface area contributed by atoms with Crippen LogP contribution in [0.25, 0.3) is 22.1 Å². The van der Waals surface area contributed by atoms with Crippen molar-refractivity contribution in [3.05, 3.63) is 45.6 Å². The summed E-state index contributed by atoms with van der Waals surface area (Å²) in [7, 11) is -3.96. The van der Waals surface area contributed by atoms with Crippen LogP contribution in [-0.2, 0) is 4.43 Å². The van der Waals surface area contributed by atoms with Crippen LogP contribution in [0.15, 0.2) is 33.5 Å². The summed E-state index contributed by atoms with van der Waals surface area (Å²) in [6.45, 7) is 16.3. The smallest absolute Gasteiger partial charge is 0.328 e. The number of anilines is 1. The van der Waals surface area contributed by atoms with Crippen molar-refractivity contribution in [2.75, 3.05) is 4.98 Å². The molecule has 30 heavy (non-hydrogen) atoms. The molecule has 0 atom stereocenters. The summed E-state index contributed by atoms with van der Waals surface area (Å²) in [4.78, 5) is 34.1. The Hall–Kier alpha value is -2.46. The molecule has 0 aliphatic carbocycles. The molecule has 0 unspecified atom stereocenters. The molecule has 2 aromatic heterocycles. The molecule has 1 N–H and O–H groups in total. The summed E-state index contributed by atoms with van der Waals surface area (Å²) in [6, 6.07) is 7.20. The lowest BCUT2D eigenvalue weighted by atomic mass is 10.0. The molecule has 6 nitrogen and oxygen atoms in total. The van der Waals surface area contributed by atoms with Gasteiger partial charge in [-0.15, -0.1) is 0 Å². The molecule has 0 amide bonds. The van der Waals surface area contributed by atoms with Gasteiger partial charge >= 0.3 is 5.97 Å². The lowest BCUT2D eigenvalue weighted by Gasteiger charge is -2.23. The fraction of sp³-hybridized carbons (Fsp3) is 0.409. The van der Waals surface area contributed by atoms with Gasteiger partial charge in [0, 0.05) is 0 Å². The Balaban J connectivity index is 2.29. The van der Waals surface area contributed by atoms with Gasteiger partial charge in [0.1, 0.15) is 25.2 Å². The average molecular weight is 443 g/mol. The molecular weight excluding hydrogens is 412 g/mol. The van der Waals surface area contributed by atoms with Crippen LogP contribution in [0.5, 0.6) is 0 Å². The second-order valence-corrected chi connectivity index (χ2v) is 19.1. The minimum absolute atomic E-state index is 0.192. The maximum absolute atomic E-state index is 13.3. The third-order valence-electron chi connectivity index (χ3n) is 4.47. The maximum Gasteiger partial charge on any atom is 0.328 e. The van der Waals surface area contributed by atoms with Gasteiger partial charge in [-0.2, -0.15) is 4.98 Å². The molecule has 3 rings (SSSR count). The summed E-state index contributed by atoms with van der Waals surface area (Å²) < 4.78 is 11.7. The van der Waals surface area contributed by atoms with Crippen LogP contribution in [0.3, 0.4) is 0 Å². The fourth-order valence-corrected chi connectivity index (χ4v) is 4.67. The largest absolute Gasteiger partial charge is 0.516 e. The van der Waals surface area contributed by atoms with Crippen molar-refractivity contribution in [3.8, 4) is 0 Å². The normalized spacial score (nSPS) is 12.6. The summed E-state index contributed by atoms with van der Waals surface area (Å²) >= 11 is 0. The molecular formula is C22H30N2O4Si2. The SMILES string of the molecule is CC(C)c1ccc2oc3nc(N[Si](C)(C)C)c(C(=O)O[Si](C)(C)C)cc3c(=O)c2c1. The second kappa shape index (κ2) is 7.66. The van der Waals surface area contributed by atoms with Crippen molar-refractivity contribution < 1.29 is 13.6 Å². The first-order chi connectivity index (χ1) is 13.7. The van der Waals surface area contributed by atoms with Crippen molar-refractivity contribution in [2.45, 2.75) is 59.0 Å². The number of carbonyl (C=O) groups is 1. The zero-order valence-corrected chi connectivity index (χ0v) is 21.0. The monoisotopic (exact) mass is 442 g/mol. The van der Waals surface area contributed by atoms with Crippen LogP contribution in [0, 0.1) is 0 Å². The van der Waals surface area contributed by atoms with E-state index in [1.54, 1.807) is 6.07 Å². The average Bonchev–Trinajstić information content (AvgIpc) is 2.58. The molecule has 0 saturated carbocycles. The summed E-state index contributed by atoms with van der Waals surface area (Å²) in [5.74, 6) is 0.235. The van der Waals surface area contributed by atoms with Crippen molar-refractivity contribution in [3.63, 3.8) is 0 Å². The van der Waals surface area contributed by atoms with Crippen LogP contribution in [0.2, 0.25) is 39.3 Å². The van der Waals surface area contributed by atoms with E-state index in [2.05, 4.69) is 43.5 Å². The molecule has 0 saturated heterocycles. The molecule has 8 heteroatoms. The highest BCUT2D eigenvalue weighted by atomic mass is 28.4. The van der Waals surface area contributed by atoms with E-state index >= 15 is 0 Å². The van der Waals surface area contributed by atoms with Gasteiger partial charge in [0.15, 0.2) is 0 Å². The number of benzene rings is 1. The van der Waals surface area contributed by atoms with Crippen molar-refractivity contribution in [1.29, 1.82) is 0 Å². The maximum atomic E-state index is 13.3. The second-order valence-electron chi connectivity index (χ2n) is 9.96. The van der Waals surface area contributed by atoms with Crippen molar-refractivity contribution in [1.82, 2.24) is 4.98 Å². The zero-order valence-electron chi connectivity index (χ0n) is 19.0. The standard InChI is InChI=1S/C22H30N2O4Si2/c1-13(2)14-9-10-18-15(11-14)19(25)16-12-17(22(26)28-30(6,7)8)20(23-21(16)27-18)24-29(3,4)5/h9-13H,1-8H3,(H,23,24). The Bertz CT molecular complexity index is 1190. The molecule has 0 aliphatic heterocycles. The molecule has 2 heterocycles. The number of nitrogens with one attached hydrogen (secondary N) is 1. The first-order valence-electron chi connectivity index (χ1n) is 10.2. The van der Waals surface area contributed by atoms with Crippen LogP contribution in [0.4, 0.5) is 5.82 Å². The molecule has 1 aromatic carbocycles. The number of aromatic nitrogens is 1. The molecule has 0 bridgehead atoms. The predicted octanol–water partition coefficient (Wildman–Crippen LogP) is 5.70. The number of pyridine rings is 1. The highest BCUT2D eigenvalue weighted by Crippen LogP contribution is 2.27. The van der Waals surface area contributed by atoms with Crippen LogP contribution in [-0.4, -0.2) is 27.5 Å². The first-order valence-corrected chi connectivity index (χ1v) is 17.1. The molecule has 3 aromatic rings. The van der Waals surface area contributed by atoms with E-state index in [9.17, 15) is 9.59 Å². The Morgan fingerprint density at radius 3 is 2.30 bits per heavy atom. The van der Waals surface area contributed by atoms with Gasteiger partial charge < -0.3 is 13.8 Å². The van der Waals surface area contributed by atoms with E-state index in [4.69, 9.17) is 8.84 Å². The summed E-state index contributed by atoms with van der Waals surface area (Å²) in [6.07, 6.45) is 0. The van der Waals surface area contributed by atoms with Crippen molar-refractivity contribution >= 4 is 50.4 Å². The molecule has 0 spiro atoms. The third-order valence-corrected chi connectivity index (χ3v) is 6.25. The molecule has 0 aliphatic rings. The number of hydrogen-bond donors (Lipinski definition) is 1. The minimum atomic E-state index is -2.12. The fourth-order valence-electron chi connectivity index (χ4n) is 3.10. The van der Waals surface area contributed by atoms with Gasteiger partial charge in [-0.05, 0) is 49.3 Å². The van der Waals surface area contributed by atoms with E-state index in [0.717, 1.165) is 5.56 Å². The number of carbonyl (C=O) groups excluding carboxylic acids is 1. The Labute approximate surface area is 178 Å².